The van der Waals surface area contributed by atoms with Crippen LogP contribution in [0, 0.1) is 11.8 Å². The first-order valence-corrected chi connectivity index (χ1v) is 8.69. The van der Waals surface area contributed by atoms with Gasteiger partial charge in [-0.1, -0.05) is 26.9 Å². The topological polar surface area (TPSA) is 0 Å². The average Bonchev–Trinajstić information content (AvgIpc) is 2.08. The van der Waals surface area contributed by atoms with Crippen molar-refractivity contribution in [1.29, 1.82) is 0 Å². The lowest BCUT2D eigenvalue weighted by Crippen LogP contribution is -2.26. The molecule has 1 aliphatic rings. The van der Waals surface area contributed by atoms with Crippen LogP contribution in [0.2, 0.25) is 18.6 Å². The minimum Gasteiger partial charge on any atom is -0.167 e. The van der Waals surface area contributed by atoms with E-state index in [4.69, 9.17) is 11.1 Å². The van der Waals surface area contributed by atoms with Crippen LogP contribution in [0.5, 0.6) is 0 Å². The zero-order valence-corrected chi connectivity index (χ0v) is 9.78. The van der Waals surface area contributed by atoms with Gasteiger partial charge in [-0.3, -0.25) is 0 Å². The van der Waals surface area contributed by atoms with Gasteiger partial charge in [-0.25, -0.2) is 0 Å². The van der Waals surface area contributed by atoms with E-state index in [-0.39, 0.29) is 0 Å². The Hall–Kier alpha value is 0.507. The second-order valence-electron chi connectivity index (χ2n) is 4.72. The molecular formula is C9H19ClSi. The molecule has 0 nitrogen and oxygen atoms in total. The predicted molar refractivity (Wildman–Crippen MR) is 54.6 cm³/mol. The lowest BCUT2D eigenvalue weighted by atomic mass is 10.1. The number of halogens is 1. The predicted octanol–water partition coefficient (Wildman–Crippen LogP) is 3.87. The van der Waals surface area contributed by atoms with Crippen LogP contribution in [0.1, 0.15) is 26.7 Å². The van der Waals surface area contributed by atoms with Crippen LogP contribution in [-0.4, -0.2) is 7.38 Å². The van der Waals surface area contributed by atoms with Crippen molar-refractivity contribution in [2.75, 3.05) is 0 Å². The first-order valence-electron chi connectivity index (χ1n) is 4.60. The quantitative estimate of drug-likeness (QED) is 0.435. The Morgan fingerprint density at radius 2 is 1.73 bits per heavy atom. The summed E-state index contributed by atoms with van der Waals surface area (Å²) in [4.78, 5) is 0. The molecule has 0 bridgehead atoms. The third kappa shape index (κ3) is 2.22. The van der Waals surface area contributed by atoms with Gasteiger partial charge in [-0.15, -0.1) is 0 Å². The number of hydrogen-bond donors (Lipinski definition) is 0. The van der Waals surface area contributed by atoms with E-state index < -0.39 is 7.38 Å². The van der Waals surface area contributed by atoms with Crippen LogP contribution < -0.4 is 0 Å². The molecule has 11 heavy (non-hydrogen) atoms. The van der Waals surface area contributed by atoms with Gasteiger partial charge in [0.15, 0.2) is 7.38 Å². The summed E-state index contributed by atoms with van der Waals surface area (Å²) in [5.74, 6) is 1.80. The highest BCUT2D eigenvalue weighted by atomic mass is 35.6. The fourth-order valence-corrected chi connectivity index (χ4v) is 5.88. The lowest BCUT2D eigenvalue weighted by Gasteiger charge is -2.25. The monoisotopic (exact) mass is 190 g/mol. The highest BCUT2D eigenvalue weighted by molar-refractivity contribution is 7.19. The minimum absolute atomic E-state index is 0.860. The molecule has 3 unspecified atom stereocenters. The molecule has 0 aliphatic heterocycles. The van der Waals surface area contributed by atoms with Crippen molar-refractivity contribution in [3.05, 3.63) is 0 Å². The van der Waals surface area contributed by atoms with Crippen molar-refractivity contribution in [3.63, 3.8) is 0 Å². The van der Waals surface area contributed by atoms with Gasteiger partial charge in [0.1, 0.15) is 0 Å². The van der Waals surface area contributed by atoms with Gasteiger partial charge in [-0.2, -0.15) is 11.1 Å². The second-order valence-corrected chi connectivity index (χ2v) is 11.5. The fraction of sp³-hybridized carbons (Fsp3) is 1.00. The third-order valence-electron chi connectivity index (χ3n) is 3.00. The Morgan fingerprint density at radius 1 is 1.18 bits per heavy atom. The maximum atomic E-state index is 6.44. The first kappa shape index (κ1) is 9.59. The first-order chi connectivity index (χ1) is 4.91. The van der Waals surface area contributed by atoms with E-state index in [0.717, 1.165) is 17.4 Å². The normalized spacial score (nSPS) is 39.5. The van der Waals surface area contributed by atoms with Gasteiger partial charge in [-0.05, 0) is 30.2 Å². The molecule has 0 aromatic heterocycles. The Balaban J connectivity index is 2.60. The van der Waals surface area contributed by atoms with Gasteiger partial charge < -0.3 is 0 Å². The lowest BCUT2D eigenvalue weighted by molar-refractivity contribution is 0.553. The van der Waals surface area contributed by atoms with E-state index in [1.54, 1.807) is 0 Å². The van der Waals surface area contributed by atoms with Gasteiger partial charge in [0.25, 0.3) is 0 Å². The standard InChI is InChI=1S/C9H19ClSi/c1-7-5-8(2)9(6-7)11(3,4)10/h7-9H,5-6H2,1-4H3. The molecule has 0 amide bonds. The van der Waals surface area contributed by atoms with Gasteiger partial charge in [0.05, 0.1) is 0 Å². The molecule has 2 heteroatoms. The molecule has 3 atom stereocenters. The van der Waals surface area contributed by atoms with Crippen molar-refractivity contribution < 1.29 is 0 Å². The minimum atomic E-state index is -1.36. The van der Waals surface area contributed by atoms with Crippen molar-refractivity contribution >= 4 is 18.5 Å². The van der Waals surface area contributed by atoms with E-state index in [1.807, 2.05) is 0 Å². The molecular weight excluding hydrogens is 172 g/mol. The molecule has 66 valence electrons. The SMILES string of the molecule is CC1CC(C)C([Si](C)(C)Cl)C1. The van der Waals surface area contributed by atoms with Crippen molar-refractivity contribution in [2.24, 2.45) is 11.8 Å². The summed E-state index contributed by atoms with van der Waals surface area (Å²) < 4.78 is 0. The van der Waals surface area contributed by atoms with Crippen LogP contribution >= 0.6 is 11.1 Å². The highest BCUT2D eigenvalue weighted by Crippen LogP contribution is 2.47. The van der Waals surface area contributed by atoms with Crippen molar-refractivity contribution in [2.45, 2.75) is 45.3 Å². The third-order valence-corrected chi connectivity index (χ3v) is 6.41. The molecule has 1 rings (SSSR count). The molecule has 0 spiro atoms. The van der Waals surface area contributed by atoms with Crippen molar-refractivity contribution in [3.8, 4) is 0 Å². The van der Waals surface area contributed by atoms with Crippen molar-refractivity contribution in [1.82, 2.24) is 0 Å². The summed E-state index contributed by atoms with van der Waals surface area (Å²) in [5, 5.41) is 0. The maximum Gasteiger partial charge on any atom is 0.153 e. The molecule has 0 aromatic carbocycles. The summed E-state index contributed by atoms with van der Waals surface area (Å²) in [6.45, 7) is 9.29. The second kappa shape index (κ2) is 3.10. The summed E-state index contributed by atoms with van der Waals surface area (Å²) >= 11 is 6.44. The summed E-state index contributed by atoms with van der Waals surface area (Å²) in [6, 6.07) is 0. The van der Waals surface area contributed by atoms with Gasteiger partial charge in [0, 0.05) is 0 Å². The molecule has 1 fully saturated rings. The van der Waals surface area contributed by atoms with Crippen LogP contribution in [0.4, 0.5) is 0 Å². The largest absolute Gasteiger partial charge is 0.167 e. The molecule has 0 aromatic rings. The smallest absolute Gasteiger partial charge is 0.153 e. The fourth-order valence-electron chi connectivity index (χ4n) is 2.52. The van der Waals surface area contributed by atoms with E-state index in [0.29, 0.717) is 0 Å². The Kier molecular flexibility index (Phi) is 2.70. The molecule has 0 N–H and O–H groups in total. The average molecular weight is 191 g/mol. The van der Waals surface area contributed by atoms with Crippen LogP contribution in [0.3, 0.4) is 0 Å². The molecule has 0 heterocycles. The zero-order chi connectivity index (χ0) is 8.65. The summed E-state index contributed by atoms with van der Waals surface area (Å²) in [7, 11) is -1.36. The maximum absolute atomic E-state index is 6.44. The summed E-state index contributed by atoms with van der Waals surface area (Å²) in [6.07, 6.45) is 2.78. The zero-order valence-electron chi connectivity index (χ0n) is 8.02. The highest BCUT2D eigenvalue weighted by Gasteiger charge is 2.39. The molecule has 0 saturated heterocycles. The Morgan fingerprint density at radius 3 is 1.91 bits per heavy atom. The molecule has 0 radical (unpaired) electrons. The van der Waals surface area contributed by atoms with Crippen LogP contribution in [0.15, 0.2) is 0 Å². The van der Waals surface area contributed by atoms with Crippen LogP contribution in [-0.2, 0) is 0 Å². The molecule has 1 saturated carbocycles. The van der Waals surface area contributed by atoms with Gasteiger partial charge in [0.2, 0.25) is 0 Å². The van der Waals surface area contributed by atoms with Crippen LogP contribution in [0.25, 0.3) is 0 Å². The Bertz CT molecular complexity index is 139. The number of rotatable bonds is 1. The number of hydrogen-bond acceptors (Lipinski definition) is 0. The molecule has 1 aliphatic carbocycles. The van der Waals surface area contributed by atoms with E-state index >= 15 is 0 Å². The van der Waals surface area contributed by atoms with E-state index in [2.05, 4.69) is 26.9 Å². The van der Waals surface area contributed by atoms with E-state index in [1.165, 1.54) is 12.8 Å². The van der Waals surface area contributed by atoms with Gasteiger partial charge >= 0.3 is 0 Å². The van der Waals surface area contributed by atoms with E-state index in [9.17, 15) is 0 Å². The Labute approximate surface area is 76.0 Å². The summed E-state index contributed by atoms with van der Waals surface area (Å²) in [5.41, 5.74) is 0.860.